The standard InChI is InChI=1S/C25H27N7O3/c1-34-24(33)20-7-6-19(15-27-20)29-23-13-22(30-25(31-23)32-8-10-35-11-9-32)16-2-3-17(14-26)21(12-16)28-18-4-5-18/h2-3,6-7,12-15,18,26,28H,4-5,8-11H2,1H3,(H,29,30,31). The number of anilines is 4. The highest BCUT2D eigenvalue weighted by Crippen LogP contribution is 2.31. The zero-order chi connectivity index (χ0) is 24.2. The van der Waals surface area contributed by atoms with Crippen molar-refractivity contribution in [1.82, 2.24) is 15.0 Å². The SMILES string of the molecule is COC(=O)c1ccc(Nc2cc(-c3ccc(C=N)c(NC4CC4)c3)nc(N3CCOCC3)n2)cn1. The van der Waals surface area contributed by atoms with Crippen molar-refractivity contribution < 1.29 is 14.3 Å². The molecular formula is C25H27N7O3. The molecule has 0 atom stereocenters. The number of ether oxygens (including phenoxy) is 2. The molecule has 2 aliphatic rings. The largest absolute Gasteiger partial charge is 0.464 e. The minimum atomic E-state index is -0.487. The van der Waals surface area contributed by atoms with Gasteiger partial charge in [0.15, 0.2) is 0 Å². The summed E-state index contributed by atoms with van der Waals surface area (Å²) in [6.45, 7) is 2.66. The number of pyridine rings is 1. The number of morpholine rings is 1. The van der Waals surface area contributed by atoms with Crippen LogP contribution in [0, 0.1) is 5.41 Å². The maximum Gasteiger partial charge on any atom is 0.356 e. The molecule has 3 N–H and O–H groups in total. The molecule has 0 amide bonds. The predicted octanol–water partition coefficient (Wildman–Crippen LogP) is 3.48. The van der Waals surface area contributed by atoms with Gasteiger partial charge < -0.3 is 30.4 Å². The molecule has 2 aromatic heterocycles. The van der Waals surface area contributed by atoms with Gasteiger partial charge in [-0.25, -0.2) is 14.8 Å². The van der Waals surface area contributed by atoms with E-state index in [1.54, 1.807) is 18.3 Å². The van der Waals surface area contributed by atoms with E-state index in [0.717, 1.165) is 35.3 Å². The molecule has 1 saturated carbocycles. The molecule has 35 heavy (non-hydrogen) atoms. The Balaban J connectivity index is 1.49. The molecule has 1 aliphatic carbocycles. The third-order valence-corrected chi connectivity index (χ3v) is 5.88. The molecule has 0 spiro atoms. The van der Waals surface area contributed by atoms with E-state index in [1.807, 2.05) is 24.3 Å². The van der Waals surface area contributed by atoms with E-state index in [-0.39, 0.29) is 5.69 Å². The maximum atomic E-state index is 11.7. The van der Waals surface area contributed by atoms with Gasteiger partial charge in [0, 0.05) is 48.2 Å². The fourth-order valence-electron chi connectivity index (χ4n) is 3.81. The van der Waals surface area contributed by atoms with Crippen LogP contribution in [-0.2, 0) is 9.47 Å². The Hall–Kier alpha value is -4.05. The summed E-state index contributed by atoms with van der Waals surface area (Å²) < 4.78 is 10.2. The topological polar surface area (TPSA) is 125 Å². The predicted molar refractivity (Wildman–Crippen MR) is 134 cm³/mol. The lowest BCUT2D eigenvalue weighted by atomic mass is 10.1. The monoisotopic (exact) mass is 473 g/mol. The first-order chi connectivity index (χ1) is 17.1. The van der Waals surface area contributed by atoms with Crippen molar-refractivity contribution in [2.75, 3.05) is 48.9 Å². The molecule has 10 nitrogen and oxygen atoms in total. The number of rotatable bonds is 8. The minimum Gasteiger partial charge on any atom is -0.464 e. The van der Waals surface area contributed by atoms with E-state index < -0.39 is 5.97 Å². The van der Waals surface area contributed by atoms with Crippen LogP contribution in [0.3, 0.4) is 0 Å². The molecule has 1 saturated heterocycles. The Morgan fingerprint density at radius 1 is 1.17 bits per heavy atom. The summed E-state index contributed by atoms with van der Waals surface area (Å²) >= 11 is 0. The van der Waals surface area contributed by atoms with Gasteiger partial charge in [-0.2, -0.15) is 4.98 Å². The summed E-state index contributed by atoms with van der Waals surface area (Å²) in [5.41, 5.74) is 4.39. The second-order valence-corrected chi connectivity index (χ2v) is 8.45. The molecule has 0 bridgehead atoms. The van der Waals surface area contributed by atoms with Crippen LogP contribution in [0.15, 0.2) is 42.6 Å². The van der Waals surface area contributed by atoms with Crippen molar-refractivity contribution in [2.24, 2.45) is 0 Å². The van der Waals surface area contributed by atoms with Gasteiger partial charge in [-0.1, -0.05) is 12.1 Å². The Morgan fingerprint density at radius 2 is 2.00 bits per heavy atom. The second-order valence-electron chi connectivity index (χ2n) is 8.45. The quantitative estimate of drug-likeness (QED) is 0.333. The third kappa shape index (κ3) is 5.38. The minimum absolute atomic E-state index is 0.234. The van der Waals surface area contributed by atoms with E-state index in [4.69, 9.17) is 24.9 Å². The summed E-state index contributed by atoms with van der Waals surface area (Å²) in [6.07, 6.45) is 5.23. The number of hydrogen-bond donors (Lipinski definition) is 3. The highest BCUT2D eigenvalue weighted by Gasteiger charge is 2.22. The summed E-state index contributed by atoms with van der Waals surface area (Å²) in [6, 6.07) is 11.7. The number of benzene rings is 1. The van der Waals surface area contributed by atoms with Crippen LogP contribution in [-0.4, -0.2) is 66.6 Å². The molecule has 0 radical (unpaired) electrons. The summed E-state index contributed by atoms with van der Waals surface area (Å²) in [5.74, 6) is 0.733. The smallest absolute Gasteiger partial charge is 0.356 e. The lowest BCUT2D eigenvalue weighted by Crippen LogP contribution is -2.37. The highest BCUT2D eigenvalue weighted by atomic mass is 16.5. The van der Waals surface area contributed by atoms with Crippen LogP contribution in [0.4, 0.5) is 23.1 Å². The third-order valence-electron chi connectivity index (χ3n) is 5.88. The van der Waals surface area contributed by atoms with Crippen molar-refractivity contribution in [3.63, 3.8) is 0 Å². The van der Waals surface area contributed by atoms with E-state index in [9.17, 15) is 4.79 Å². The number of hydrogen-bond acceptors (Lipinski definition) is 10. The zero-order valence-electron chi connectivity index (χ0n) is 19.5. The average Bonchev–Trinajstić information content (AvgIpc) is 3.73. The van der Waals surface area contributed by atoms with Gasteiger partial charge in [0.05, 0.1) is 37.9 Å². The second kappa shape index (κ2) is 10.1. The molecular weight excluding hydrogens is 446 g/mol. The first-order valence-electron chi connectivity index (χ1n) is 11.6. The molecule has 3 aromatic rings. The van der Waals surface area contributed by atoms with Gasteiger partial charge in [0.2, 0.25) is 5.95 Å². The Bertz CT molecular complexity index is 1220. The van der Waals surface area contributed by atoms with Gasteiger partial charge in [-0.05, 0) is 31.0 Å². The summed E-state index contributed by atoms with van der Waals surface area (Å²) in [4.78, 5) is 27.6. The Kier molecular flexibility index (Phi) is 6.53. The highest BCUT2D eigenvalue weighted by molar-refractivity contribution is 5.88. The van der Waals surface area contributed by atoms with Crippen LogP contribution in [0.1, 0.15) is 28.9 Å². The number of aromatic nitrogens is 3. The fraction of sp³-hybridized carbons (Fsp3) is 0.320. The molecule has 1 aliphatic heterocycles. The van der Waals surface area contributed by atoms with E-state index in [1.165, 1.54) is 13.3 Å². The average molecular weight is 474 g/mol. The van der Waals surface area contributed by atoms with Crippen LogP contribution in [0.2, 0.25) is 0 Å². The van der Waals surface area contributed by atoms with E-state index >= 15 is 0 Å². The number of methoxy groups -OCH3 is 1. The normalized spacial score (nSPS) is 15.4. The molecule has 5 rings (SSSR count). The molecule has 0 unspecified atom stereocenters. The Morgan fingerprint density at radius 3 is 2.69 bits per heavy atom. The van der Waals surface area contributed by atoms with Crippen molar-refractivity contribution in [3.8, 4) is 11.3 Å². The molecule has 2 fully saturated rings. The Labute approximate surface area is 203 Å². The number of esters is 1. The van der Waals surface area contributed by atoms with Gasteiger partial charge >= 0.3 is 5.97 Å². The van der Waals surface area contributed by atoms with Gasteiger partial charge in [0.1, 0.15) is 11.5 Å². The lowest BCUT2D eigenvalue weighted by molar-refractivity contribution is 0.0594. The molecule has 10 heteroatoms. The molecule has 180 valence electrons. The van der Waals surface area contributed by atoms with Crippen LogP contribution in [0.25, 0.3) is 11.3 Å². The van der Waals surface area contributed by atoms with E-state index in [0.29, 0.717) is 49.8 Å². The van der Waals surface area contributed by atoms with Gasteiger partial charge in [-0.15, -0.1) is 0 Å². The van der Waals surface area contributed by atoms with Crippen LogP contribution >= 0.6 is 0 Å². The summed E-state index contributed by atoms with van der Waals surface area (Å²) in [5, 5.41) is 14.5. The van der Waals surface area contributed by atoms with Gasteiger partial charge in [-0.3, -0.25) is 0 Å². The summed E-state index contributed by atoms with van der Waals surface area (Å²) in [7, 11) is 1.33. The van der Waals surface area contributed by atoms with Crippen molar-refractivity contribution in [1.29, 1.82) is 5.41 Å². The van der Waals surface area contributed by atoms with Crippen LogP contribution in [0.5, 0.6) is 0 Å². The fourth-order valence-corrected chi connectivity index (χ4v) is 3.81. The van der Waals surface area contributed by atoms with Crippen molar-refractivity contribution in [3.05, 3.63) is 53.9 Å². The molecule has 3 heterocycles. The van der Waals surface area contributed by atoms with Gasteiger partial charge in [0.25, 0.3) is 0 Å². The molecule has 1 aromatic carbocycles. The number of carbonyl (C=O) groups is 1. The van der Waals surface area contributed by atoms with Crippen molar-refractivity contribution in [2.45, 2.75) is 18.9 Å². The van der Waals surface area contributed by atoms with Crippen LogP contribution < -0.4 is 15.5 Å². The number of carbonyl (C=O) groups excluding carboxylic acids is 1. The lowest BCUT2D eigenvalue weighted by Gasteiger charge is -2.27. The number of nitrogens with zero attached hydrogens (tertiary/aromatic N) is 4. The maximum absolute atomic E-state index is 11.7. The van der Waals surface area contributed by atoms with Crippen molar-refractivity contribution >= 4 is 35.3 Å². The number of nitrogens with one attached hydrogen (secondary N) is 3. The zero-order valence-corrected chi connectivity index (χ0v) is 19.5. The first kappa shape index (κ1) is 22.7. The first-order valence-corrected chi connectivity index (χ1v) is 11.6. The van der Waals surface area contributed by atoms with E-state index in [2.05, 4.69) is 20.5 Å².